The molecule has 1 aromatic heterocycles. The van der Waals surface area contributed by atoms with Crippen LogP contribution in [0.4, 0.5) is 23.8 Å². The monoisotopic (exact) mass is 369 g/mol. The first kappa shape index (κ1) is 19.5. The third-order valence-corrected chi connectivity index (χ3v) is 3.14. The summed E-state index contributed by atoms with van der Waals surface area (Å²) in [6.45, 7) is 6.47. The van der Waals surface area contributed by atoms with Crippen molar-refractivity contribution in [2.75, 3.05) is 5.32 Å². The molecule has 1 aromatic carbocycles. The lowest BCUT2D eigenvalue weighted by Crippen LogP contribution is -2.30. The van der Waals surface area contributed by atoms with E-state index in [4.69, 9.17) is 4.74 Å². The Labute approximate surface area is 147 Å². The van der Waals surface area contributed by atoms with Crippen LogP contribution in [0.5, 0.6) is 0 Å². The Hall–Kier alpha value is -2.84. The molecule has 26 heavy (non-hydrogen) atoms. The fourth-order valence-corrected chi connectivity index (χ4v) is 2.11. The summed E-state index contributed by atoms with van der Waals surface area (Å²) in [4.78, 5) is 23.9. The number of alkyl halides is 3. The lowest BCUT2D eigenvalue weighted by atomic mass is 10.2. The minimum Gasteiger partial charge on any atom is -0.444 e. The molecule has 0 atom stereocenters. The SMILES string of the molecule is Cc1cc(=O)c(NC(=O)OC(C)(C)C)nn1-c1cccc(C(F)(F)F)c1. The first-order valence-electron chi connectivity index (χ1n) is 7.65. The molecule has 0 saturated carbocycles. The number of hydrogen-bond donors (Lipinski definition) is 1. The van der Waals surface area contributed by atoms with Crippen LogP contribution in [0, 0.1) is 6.92 Å². The zero-order valence-electron chi connectivity index (χ0n) is 14.6. The van der Waals surface area contributed by atoms with Gasteiger partial charge in [-0.25, -0.2) is 9.48 Å². The van der Waals surface area contributed by atoms with E-state index in [1.54, 1.807) is 20.8 Å². The van der Waals surface area contributed by atoms with Crippen LogP contribution < -0.4 is 10.7 Å². The van der Waals surface area contributed by atoms with E-state index in [0.29, 0.717) is 5.69 Å². The lowest BCUT2D eigenvalue weighted by molar-refractivity contribution is -0.137. The zero-order valence-corrected chi connectivity index (χ0v) is 14.6. The van der Waals surface area contributed by atoms with Crippen molar-refractivity contribution in [2.45, 2.75) is 39.5 Å². The molecular formula is C17H18F3N3O3. The number of aromatic nitrogens is 2. The Morgan fingerprint density at radius 3 is 2.42 bits per heavy atom. The number of nitrogens with zero attached hydrogens (tertiary/aromatic N) is 2. The molecule has 1 amide bonds. The lowest BCUT2D eigenvalue weighted by Gasteiger charge is -2.19. The normalized spacial score (nSPS) is 12.0. The fourth-order valence-electron chi connectivity index (χ4n) is 2.11. The molecule has 9 heteroatoms. The average molecular weight is 369 g/mol. The van der Waals surface area contributed by atoms with Gasteiger partial charge in [-0.3, -0.25) is 10.1 Å². The van der Waals surface area contributed by atoms with Crippen molar-refractivity contribution in [3.8, 4) is 5.69 Å². The van der Waals surface area contributed by atoms with Gasteiger partial charge in [0.05, 0.1) is 11.3 Å². The Bertz CT molecular complexity index is 883. The topological polar surface area (TPSA) is 73.2 Å². The number of nitrogens with one attached hydrogen (secondary N) is 1. The second kappa shape index (κ2) is 6.81. The van der Waals surface area contributed by atoms with Crippen molar-refractivity contribution in [3.63, 3.8) is 0 Å². The molecule has 2 aromatic rings. The highest BCUT2D eigenvalue weighted by Crippen LogP contribution is 2.30. The number of benzene rings is 1. The highest BCUT2D eigenvalue weighted by molar-refractivity contribution is 5.83. The van der Waals surface area contributed by atoms with Crippen molar-refractivity contribution in [3.05, 3.63) is 51.8 Å². The van der Waals surface area contributed by atoms with Crippen molar-refractivity contribution in [2.24, 2.45) is 0 Å². The molecule has 0 aliphatic heterocycles. The van der Waals surface area contributed by atoms with Gasteiger partial charge < -0.3 is 4.74 Å². The zero-order chi connectivity index (χ0) is 19.7. The van der Waals surface area contributed by atoms with Crippen LogP contribution >= 0.6 is 0 Å². The summed E-state index contributed by atoms with van der Waals surface area (Å²) >= 11 is 0. The maximum atomic E-state index is 12.9. The van der Waals surface area contributed by atoms with E-state index in [0.717, 1.165) is 16.8 Å². The van der Waals surface area contributed by atoms with Gasteiger partial charge in [-0.05, 0) is 45.9 Å². The maximum Gasteiger partial charge on any atom is 0.416 e. The van der Waals surface area contributed by atoms with Crippen LogP contribution in [0.1, 0.15) is 32.0 Å². The van der Waals surface area contributed by atoms with Gasteiger partial charge in [0.1, 0.15) is 5.60 Å². The van der Waals surface area contributed by atoms with Crippen LogP contribution in [0.2, 0.25) is 0 Å². The summed E-state index contributed by atoms with van der Waals surface area (Å²) in [7, 11) is 0. The van der Waals surface area contributed by atoms with Gasteiger partial charge >= 0.3 is 12.3 Å². The quantitative estimate of drug-likeness (QED) is 0.871. The predicted octanol–water partition coefficient (Wildman–Crippen LogP) is 3.91. The molecule has 0 saturated heterocycles. The summed E-state index contributed by atoms with van der Waals surface area (Å²) < 4.78 is 44.9. The number of aryl methyl sites for hydroxylation is 1. The molecule has 1 N–H and O–H groups in total. The van der Waals surface area contributed by atoms with Gasteiger partial charge in [0.15, 0.2) is 0 Å². The van der Waals surface area contributed by atoms with Gasteiger partial charge in [-0.1, -0.05) is 6.07 Å². The average Bonchev–Trinajstić information content (AvgIpc) is 2.47. The van der Waals surface area contributed by atoms with Gasteiger partial charge in [-0.2, -0.15) is 13.2 Å². The van der Waals surface area contributed by atoms with E-state index >= 15 is 0 Å². The van der Waals surface area contributed by atoms with Crippen molar-refractivity contribution in [1.82, 2.24) is 9.78 Å². The summed E-state index contributed by atoms with van der Waals surface area (Å²) in [6, 6.07) is 5.65. The number of anilines is 1. The van der Waals surface area contributed by atoms with Crippen molar-refractivity contribution < 1.29 is 22.7 Å². The second-order valence-electron chi connectivity index (χ2n) is 6.59. The van der Waals surface area contributed by atoms with Crippen LogP contribution in [-0.4, -0.2) is 21.5 Å². The third-order valence-electron chi connectivity index (χ3n) is 3.14. The van der Waals surface area contributed by atoms with Gasteiger partial charge in [0, 0.05) is 11.8 Å². The van der Waals surface area contributed by atoms with Gasteiger partial charge in [0.25, 0.3) is 0 Å². The summed E-state index contributed by atoms with van der Waals surface area (Å²) in [5.41, 5.74) is -1.81. The number of halogens is 3. The second-order valence-corrected chi connectivity index (χ2v) is 6.59. The van der Waals surface area contributed by atoms with Crippen LogP contribution in [-0.2, 0) is 10.9 Å². The van der Waals surface area contributed by atoms with E-state index < -0.39 is 28.9 Å². The molecule has 0 fully saturated rings. The number of carbonyl (C=O) groups excluding carboxylic acids is 1. The number of ether oxygens (including phenoxy) is 1. The Kier molecular flexibility index (Phi) is 5.11. The molecule has 0 unspecified atom stereocenters. The first-order chi connectivity index (χ1) is 11.9. The van der Waals surface area contributed by atoms with Gasteiger partial charge in [0.2, 0.25) is 11.2 Å². The van der Waals surface area contributed by atoms with E-state index in [1.807, 2.05) is 0 Å². The highest BCUT2D eigenvalue weighted by atomic mass is 19.4. The molecule has 0 aliphatic rings. The van der Waals surface area contributed by atoms with Gasteiger partial charge in [-0.15, -0.1) is 5.10 Å². The Balaban J connectivity index is 2.43. The minimum atomic E-state index is -4.51. The fraction of sp³-hybridized carbons (Fsp3) is 0.353. The molecule has 6 nitrogen and oxygen atoms in total. The number of hydrogen-bond acceptors (Lipinski definition) is 4. The van der Waals surface area contributed by atoms with E-state index in [2.05, 4.69) is 10.4 Å². The highest BCUT2D eigenvalue weighted by Gasteiger charge is 2.30. The summed E-state index contributed by atoms with van der Waals surface area (Å²) in [5, 5.41) is 6.18. The van der Waals surface area contributed by atoms with Crippen LogP contribution in [0.3, 0.4) is 0 Å². The van der Waals surface area contributed by atoms with E-state index in [1.165, 1.54) is 25.1 Å². The van der Waals surface area contributed by atoms with Crippen molar-refractivity contribution >= 4 is 11.9 Å². The summed E-state index contributed by atoms with van der Waals surface area (Å²) in [6.07, 6.45) is -5.40. The number of carbonyl (C=O) groups is 1. The molecule has 0 aliphatic carbocycles. The predicted molar refractivity (Wildman–Crippen MR) is 89.4 cm³/mol. The van der Waals surface area contributed by atoms with Crippen LogP contribution in [0.25, 0.3) is 5.69 Å². The smallest absolute Gasteiger partial charge is 0.416 e. The molecule has 1 heterocycles. The summed E-state index contributed by atoms with van der Waals surface area (Å²) in [5.74, 6) is -0.345. The number of amides is 1. The number of rotatable bonds is 2. The van der Waals surface area contributed by atoms with E-state index in [9.17, 15) is 22.8 Å². The molecule has 140 valence electrons. The van der Waals surface area contributed by atoms with E-state index in [-0.39, 0.29) is 11.5 Å². The molecule has 0 bridgehead atoms. The molecular weight excluding hydrogens is 351 g/mol. The minimum absolute atomic E-state index is 0.101. The maximum absolute atomic E-state index is 12.9. The third kappa shape index (κ3) is 4.84. The molecule has 0 spiro atoms. The molecule has 2 rings (SSSR count). The Morgan fingerprint density at radius 2 is 1.85 bits per heavy atom. The standard InChI is InChI=1S/C17H18F3N3O3/c1-10-8-13(24)14(21-15(25)26-16(2,3)4)22-23(10)12-7-5-6-11(9-12)17(18,19)20/h5-9H,1-4H3,(H,21,22,25). The van der Waals surface area contributed by atoms with Crippen molar-refractivity contribution in [1.29, 1.82) is 0 Å². The van der Waals surface area contributed by atoms with Crippen LogP contribution in [0.15, 0.2) is 35.1 Å². The largest absolute Gasteiger partial charge is 0.444 e. The first-order valence-corrected chi connectivity index (χ1v) is 7.65. The molecule has 0 radical (unpaired) electrons. The Morgan fingerprint density at radius 1 is 1.19 bits per heavy atom.